The van der Waals surface area contributed by atoms with Gasteiger partial charge in [0.2, 0.25) is 0 Å². The van der Waals surface area contributed by atoms with Crippen molar-refractivity contribution in [3.63, 3.8) is 0 Å². The standard InChI is InChI=1S/C11H15BrO2/c1-9(13)11(12)8-14-7-10-5-3-2-4-6-10/h2-6,9,11,13H,7-8H2,1H3/t9-,11+/m1/s1. The van der Waals surface area contributed by atoms with Crippen molar-refractivity contribution in [3.05, 3.63) is 35.9 Å². The van der Waals surface area contributed by atoms with Crippen LogP contribution < -0.4 is 0 Å². The molecule has 14 heavy (non-hydrogen) atoms. The lowest BCUT2D eigenvalue weighted by atomic mass is 10.2. The van der Waals surface area contributed by atoms with Gasteiger partial charge < -0.3 is 9.84 Å². The van der Waals surface area contributed by atoms with Crippen molar-refractivity contribution < 1.29 is 9.84 Å². The molecule has 78 valence electrons. The third-order valence-corrected chi connectivity index (χ3v) is 2.94. The number of hydrogen-bond donors (Lipinski definition) is 1. The number of hydrogen-bond acceptors (Lipinski definition) is 2. The van der Waals surface area contributed by atoms with Gasteiger partial charge in [0.1, 0.15) is 0 Å². The summed E-state index contributed by atoms with van der Waals surface area (Å²) in [6.45, 7) is 2.85. The molecule has 0 amide bonds. The van der Waals surface area contributed by atoms with E-state index in [9.17, 15) is 5.11 Å². The molecule has 2 atom stereocenters. The second kappa shape index (κ2) is 6.17. The average molecular weight is 259 g/mol. The fourth-order valence-electron chi connectivity index (χ4n) is 1.00. The third kappa shape index (κ3) is 4.22. The van der Waals surface area contributed by atoms with Crippen LogP contribution in [0, 0.1) is 0 Å². The molecule has 0 aromatic heterocycles. The number of alkyl halides is 1. The first-order chi connectivity index (χ1) is 6.70. The van der Waals surface area contributed by atoms with Crippen LogP contribution in [0.15, 0.2) is 30.3 Å². The molecule has 0 unspecified atom stereocenters. The predicted molar refractivity (Wildman–Crippen MR) is 60.5 cm³/mol. The Morgan fingerprint density at radius 3 is 2.57 bits per heavy atom. The van der Waals surface area contributed by atoms with Gasteiger partial charge in [-0.3, -0.25) is 0 Å². The summed E-state index contributed by atoms with van der Waals surface area (Å²) in [4.78, 5) is 0.00575. The van der Waals surface area contributed by atoms with Crippen LogP contribution in [0.4, 0.5) is 0 Å². The van der Waals surface area contributed by atoms with Crippen LogP contribution in [-0.4, -0.2) is 22.6 Å². The summed E-state index contributed by atoms with van der Waals surface area (Å²) in [5.41, 5.74) is 1.15. The summed E-state index contributed by atoms with van der Waals surface area (Å²) < 4.78 is 5.44. The molecule has 0 heterocycles. The Morgan fingerprint density at radius 2 is 2.00 bits per heavy atom. The number of aliphatic hydroxyl groups is 1. The maximum Gasteiger partial charge on any atom is 0.0717 e. The smallest absolute Gasteiger partial charge is 0.0717 e. The molecule has 1 N–H and O–H groups in total. The molecule has 0 aliphatic carbocycles. The number of benzene rings is 1. The molecule has 3 heteroatoms. The summed E-state index contributed by atoms with van der Waals surface area (Å²) in [7, 11) is 0. The Labute approximate surface area is 93.0 Å². The summed E-state index contributed by atoms with van der Waals surface area (Å²) in [6, 6.07) is 9.99. The van der Waals surface area contributed by atoms with E-state index in [0.29, 0.717) is 13.2 Å². The van der Waals surface area contributed by atoms with E-state index in [1.807, 2.05) is 30.3 Å². The molecule has 0 saturated carbocycles. The molecule has 0 radical (unpaired) electrons. The molecule has 0 saturated heterocycles. The topological polar surface area (TPSA) is 29.5 Å². The first-order valence-electron chi connectivity index (χ1n) is 4.64. The Kier molecular flexibility index (Phi) is 5.15. The Bertz CT molecular complexity index is 249. The van der Waals surface area contributed by atoms with Crippen molar-refractivity contribution in [3.8, 4) is 0 Å². The average Bonchev–Trinajstić information content (AvgIpc) is 2.19. The Morgan fingerprint density at radius 1 is 1.36 bits per heavy atom. The molecular formula is C11H15BrO2. The first-order valence-corrected chi connectivity index (χ1v) is 5.55. The van der Waals surface area contributed by atoms with Crippen molar-refractivity contribution in [1.82, 2.24) is 0 Å². The molecule has 0 fully saturated rings. The fraction of sp³-hybridized carbons (Fsp3) is 0.455. The zero-order chi connectivity index (χ0) is 10.4. The first kappa shape index (κ1) is 11.7. The van der Waals surface area contributed by atoms with Crippen molar-refractivity contribution >= 4 is 15.9 Å². The number of rotatable bonds is 5. The van der Waals surface area contributed by atoms with Crippen LogP contribution in [0.5, 0.6) is 0 Å². The predicted octanol–water partition coefficient (Wildman–Crippen LogP) is 2.35. The Balaban J connectivity index is 2.22. The summed E-state index contributed by atoms with van der Waals surface area (Å²) in [5, 5.41) is 9.19. The van der Waals surface area contributed by atoms with Gasteiger partial charge in [0.25, 0.3) is 0 Å². The SMILES string of the molecule is C[C@@H](O)[C@@H](Br)COCc1ccccc1. The maximum absolute atomic E-state index is 9.19. The van der Waals surface area contributed by atoms with Gasteiger partial charge in [0.15, 0.2) is 0 Å². The summed E-state index contributed by atoms with van der Waals surface area (Å²) >= 11 is 3.34. The van der Waals surface area contributed by atoms with Gasteiger partial charge in [-0.1, -0.05) is 46.3 Å². The van der Waals surface area contributed by atoms with Gasteiger partial charge in [-0.05, 0) is 12.5 Å². The van der Waals surface area contributed by atoms with Gasteiger partial charge in [0, 0.05) is 0 Å². The van der Waals surface area contributed by atoms with E-state index in [1.54, 1.807) is 6.92 Å². The van der Waals surface area contributed by atoms with E-state index >= 15 is 0 Å². The van der Waals surface area contributed by atoms with E-state index in [1.165, 1.54) is 0 Å². The monoisotopic (exact) mass is 258 g/mol. The van der Waals surface area contributed by atoms with Crippen molar-refractivity contribution in [2.45, 2.75) is 24.5 Å². The maximum atomic E-state index is 9.19. The van der Waals surface area contributed by atoms with Crippen molar-refractivity contribution in [2.75, 3.05) is 6.61 Å². The van der Waals surface area contributed by atoms with Crippen molar-refractivity contribution in [1.29, 1.82) is 0 Å². The molecule has 0 spiro atoms. The molecule has 0 aliphatic heterocycles. The van der Waals surface area contributed by atoms with E-state index in [0.717, 1.165) is 5.56 Å². The summed E-state index contributed by atoms with van der Waals surface area (Å²) in [6.07, 6.45) is -0.384. The third-order valence-electron chi connectivity index (χ3n) is 1.91. The van der Waals surface area contributed by atoms with Gasteiger partial charge in [-0.15, -0.1) is 0 Å². The lowest BCUT2D eigenvalue weighted by molar-refractivity contribution is 0.0876. The minimum atomic E-state index is -0.384. The zero-order valence-corrected chi connectivity index (χ0v) is 9.78. The molecule has 2 nitrogen and oxygen atoms in total. The highest BCUT2D eigenvalue weighted by atomic mass is 79.9. The van der Waals surface area contributed by atoms with Gasteiger partial charge >= 0.3 is 0 Å². The highest BCUT2D eigenvalue weighted by Crippen LogP contribution is 2.07. The van der Waals surface area contributed by atoms with Gasteiger partial charge in [-0.25, -0.2) is 0 Å². The lowest BCUT2D eigenvalue weighted by Crippen LogP contribution is -2.21. The minimum absolute atomic E-state index is 0.00575. The van der Waals surface area contributed by atoms with Crippen molar-refractivity contribution in [2.24, 2.45) is 0 Å². The van der Waals surface area contributed by atoms with E-state index in [4.69, 9.17) is 4.74 Å². The molecule has 1 aromatic rings. The van der Waals surface area contributed by atoms with Crippen LogP contribution in [0.3, 0.4) is 0 Å². The quantitative estimate of drug-likeness (QED) is 0.822. The largest absolute Gasteiger partial charge is 0.392 e. The van der Waals surface area contributed by atoms with Crippen LogP contribution in [0.1, 0.15) is 12.5 Å². The molecule has 1 aromatic carbocycles. The molecule has 1 rings (SSSR count). The lowest BCUT2D eigenvalue weighted by Gasteiger charge is -2.12. The van der Waals surface area contributed by atoms with Crippen LogP contribution >= 0.6 is 15.9 Å². The van der Waals surface area contributed by atoms with E-state index in [2.05, 4.69) is 15.9 Å². The Hall–Kier alpha value is -0.380. The normalized spacial score (nSPS) is 15.1. The zero-order valence-electron chi connectivity index (χ0n) is 8.19. The second-order valence-corrected chi connectivity index (χ2v) is 4.43. The number of aliphatic hydroxyl groups excluding tert-OH is 1. The van der Waals surface area contributed by atoms with E-state index < -0.39 is 0 Å². The summed E-state index contributed by atoms with van der Waals surface area (Å²) in [5.74, 6) is 0. The number of ether oxygens (including phenoxy) is 1. The fourth-order valence-corrected chi connectivity index (χ4v) is 1.19. The highest BCUT2D eigenvalue weighted by Gasteiger charge is 2.10. The highest BCUT2D eigenvalue weighted by molar-refractivity contribution is 9.09. The molecular weight excluding hydrogens is 244 g/mol. The minimum Gasteiger partial charge on any atom is -0.392 e. The molecule has 0 bridgehead atoms. The van der Waals surface area contributed by atoms with Crippen LogP contribution in [0.2, 0.25) is 0 Å². The number of halogens is 1. The van der Waals surface area contributed by atoms with Gasteiger partial charge in [-0.2, -0.15) is 0 Å². The molecule has 0 aliphatic rings. The van der Waals surface area contributed by atoms with Gasteiger partial charge in [0.05, 0.1) is 24.1 Å². The second-order valence-electron chi connectivity index (χ2n) is 3.26. The van der Waals surface area contributed by atoms with Crippen LogP contribution in [-0.2, 0) is 11.3 Å². The van der Waals surface area contributed by atoms with E-state index in [-0.39, 0.29) is 10.9 Å². The van der Waals surface area contributed by atoms with Crippen LogP contribution in [0.25, 0.3) is 0 Å².